The normalized spacial score (nSPS) is 14.0. The van der Waals surface area contributed by atoms with Crippen LogP contribution in [0.3, 0.4) is 0 Å². The molecule has 0 saturated carbocycles. The Morgan fingerprint density at radius 2 is 1.92 bits per heavy atom. The molecule has 0 unspecified atom stereocenters. The third kappa shape index (κ3) is 2.96. The van der Waals surface area contributed by atoms with Crippen molar-refractivity contribution in [2.45, 2.75) is 46.0 Å². The molecule has 2 aromatic heterocycles. The number of methoxy groups -OCH3 is 1. The Morgan fingerprint density at radius 1 is 1.17 bits per heavy atom. The Bertz CT molecular complexity index is 771. The van der Waals surface area contributed by atoms with Gasteiger partial charge in [0.05, 0.1) is 18.4 Å². The SMILES string of the molecule is COC(=O)c1c(NC(=O)c2c(C)noc2C)sc2c1CCCCC2. The van der Waals surface area contributed by atoms with E-state index < -0.39 is 5.97 Å². The fourth-order valence-electron chi connectivity index (χ4n) is 3.12. The van der Waals surface area contributed by atoms with Crippen molar-refractivity contribution in [2.24, 2.45) is 0 Å². The van der Waals surface area contributed by atoms with E-state index in [1.807, 2.05) is 0 Å². The molecular weight excluding hydrogens is 328 g/mol. The van der Waals surface area contributed by atoms with Crippen molar-refractivity contribution in [3.63, 3.8) is 0 Å². The second-order valence-corrected chi connectivity index (χ2v) is 7.02. The number of thiophene rings is 1. The number of hydrogen-bond donors (Lipinski definition) is 1. The zero-order valence-corrected chi connectivity index (χ0v) is 14.8. The minimum absolute atomic E-state index is 0.312. The maximum Gasteiger partial charge on any atom is 0.341 e. The van der Waals surface area contributed by atoms with E-state index in [1.165, 1.54) is 23.3 Å². The highest BCUT2D eigenvalue weighted by molar-refractivity contribution is 7.17. The Kier molecular flexibility index (Phi) is 4.71. The van der Waals surface area contributed by atoms with Gasteiger partial charge in [0, 0.05) is 4.88 Å². The average molecular weight is 348 g/mol. The van der Waals surface area contributed by atoms with Crippen LogP contribution in [0.4, 0.5) is 5.00 Å². The van der Waals surface area contributed by atoms with Crippen LogP contribution in [0, 0.1) is 13.8 Å². The highest BCUT2D eigenvalue weighted by atomic mass is 32.1. The van der Waals surface area contributed by atoms with Gasteiger partial charge in [0.25, 0.3) is 5.91 Å². The molecule has 3 rings (SSSR count). The monoisotopic (exact) mass is 348 g/mol. The minimum atomic E-state index is -0.400. The molecule has 2 aromatic rings. The van der Waals surface area contributed by atoms with Crippen LogP contribution < -0.4 is 5.32 Å². The number of fused-ring (bicyclic) bond motifs is 1. The van der Waals surface area contributed by atoms with Crippen LogP contribution in [0.2, 0.25) is 0 Å². The molecule has 0 saturated heterocycles. The Labute approximate surface area is 144 Å². The first-order chi connectivity index (χ1) is 11.5. The van der Waals surface area contributed by atoms with Crippen LogP contribution in [0.15, 0.2) is 4.52 Å². The van der Waals surface area contributed by atoms with Gasteiger partial charge in [0.15, 0.2) is 0 Å². The molecule has 128 valence electrons. The summed E-state index contributed by atoms with van der Waals surface area (Å²) in [5, 5.41) is 7.23. The maximum atomic E-state index is 12.6. The smallest absolute Gasteiger partial charge is 0.341 e. The predicted octanol–water partition coefficient (Wildman–Crippen LogP) is 3.66. The first-order valence-corrected chi connectivity index (χ1v) is 8.81. The van der Waals surface area contributed by atoms with Gasteiger partial charge in [-0.15, -0.1) is 11.3 Å². The van der Waals surface area contributed by atoms with E-state index in [2.05, 4.69) is 10.5 Å². The molecule has 1 aliphatic carbocycles. The van der Waals surface area contributed by atoms with Crippen molar-refractivity contribution in [3.8, 4) is 0 Å². The summed E-state index contributed by atoms with van der Waals surface area (Å²) in [6.45, 7) is 3.41. The van der Waals surface area contributed by atoms with E-state index in [9.17, 15) is 9.59 Å². The molecule has 2 heterocycles. The lowest BCUT2D eigenvalue weighted by molar-refractivity contribution is 0.0601. The summed E-state index contributed by atoms with van der Waals surface area (Å²) in [4.78, 5) is 26.1. The number of carbonyl (C=O) groups excluding carboxylic acids is 2. The number of rotatable bonds is 3. The fourth-order valence-corrected chi connectivity index (χ4v) is 4.39. The zero-order valence-electron chi connectivity index (χ0n) is 14.0. The molecule has 0 spiro atoms. The van der Waals surface area contributed by atoms with Gasteiger partial charge in [-0.05, 0) is 45.1 Å². The molecule has 1 N–H and O–H groups in total. The standard InChI is InChI=1S/C17H20N2O4S/c1-9-13(10(2)23-19-9)15(20)18-16-14(17(21)22-3)11-7-5-4-6-8-12(11)24-16/h4-8H2,1-3H3,(H,18,20). The molecule has 0 atom stereocenters. The molecule has 1 aliphatic rings. The maximum absolute atomic E-state index is 12.6. The summed E-state index contributed by atoms with van der Waals surface area (Å²) in [5.41, 5.74) is 2.47. The van der Waals surface area contributed by atoms with Crippen molar-refractivity contribution < 1.29 is 18.8 Å². The minimum Gasteiger partial charge on any atom is -0.465 e. The third-order valence-corrected chi connectivity index (χ3v) is 5.51. The molecule has 0 aliphatic heterocycles. The molecule has 24 heavy (non-hydrogen) atoms. The molecule has 0 fully saturated rings. The number of aryl methyl sites for hydroxylation is 3. The van der Waals surface area contributed by atoms with Crippen LogP contribution in [0.5, 0.6) is 0 Å². The van der Waals surface area contributed by atoms with Crippen LogP contribution >= 0.6 is 11.3 Å². The lowest BCUT2D eigenvalue weighted by Crippen LogP contribution is -2.16. The number of hydrogen-bond acceptors (Lipinski definition) is 6. The number of amides is 1. The van der Waals surface area contributed by atoms with Crippen LogP contribution in [0.25, 0.3) is 0 Å². The number of nitrogens with one attached hydrogen (secondary N) is 1. The highest BCUT2D eigenvalue weighted by Crippen LogP contribution is 2.38. The van der Waals surface area contributed by atoms with Crippen LogP contribution in [0.1, 0.15) is 61.9 Å². The van der Waals surface area contributed by atoms with Gasteiger partial charge in [-0.25, -0.2) is 4.79 Å². The number of ether oxygens (including phenoxy) is 1. The number of anilines is 1. The van der Waals surface area contributed by atoms with Gasteiger partial charge in [0.2, 0.25) is 0 Å². The molecule has 6 nitrogen and oxygen atoms in total. The van der Waals surface area contributed by atoms with Crippen LogP contribution in [-0.4, -0.2) is 24.1 Å². The van der Waals surface area contributed by atoms with Gasteiger partial charge >= 0.3 is 5.97 Å². The number of aromatic nitrogens is 1. The molecule has 0 radical (unpaired) electrons. The Balaban J connectivity index is 1.98. The molecule has 1 amide bonds. The van der Waals surface area contributed by atoms with E-state index in [0.717, 1.165) is 37.7 Å². The van der Waals surface area contributed by atoms with E-state index in [0.29, 0.717) is 27.6 Å². The zero-order chi connectivity index (χ0) is 17.3. The van der Waals surface area contributed by atoms with Gasteiger partial charge in [0.1, 0.15) is 16.3 Å². The second-order valence-electron chi connectivity index (χ2n) is 5.91. The first kappa shape index (κ1) is 16.7. The summed E-state index contributed by atoms with van der Waals surface area (Å²) in [5.74, 6) is -0.251. The van der Waals surface area contributed by atoms with Crippen molar-refractivity contribution in [1.82, 2.24) is 5.16 Å². The molecule has 0 aromatic carbocycles. The topological polar surface area (TPSA) is 81.4 Å². The third-order valence-electron chi connectivity index (χ3n) is 4.30. The summed E-state index contributed by atoms with van der Waals surface area (Å²) < 4.78 is 10.00. The van der Waals surface area contributed by atoms with E-state index >= 15 is 0 Å². The highest BCUT2D eigenvalue weighted by Gasteiger charge is 2.27. The first-order valence-electron chi connectivity index (χ1n) is 8.00. The molecular formula is C17H20N2O4S. The van der Waals surface area contributed by atoms with Gasteiger partial charge in [-0.3, -0.25) is 4.79 Å². The predicted molar refractivity (Wildman–Crippen MR) is 90.8 cm³/mol. The van der Waals surface area contributed by atoms with Gasteiger partial charge in [-0.1, -0.05) is 11.6 Å². The lowest BCUT2D eigenvalue weighted by atomic mass is 10.1. The van der Waals surface area contributed by atoms with E-state index in [-0.39, 0.29) is 5.91 Å². The van der Waals surface area contributed by atoms with E-state index in [4.69, 9.17) is 9.26 Å². The van der Waals surface area contributed by atoms with Crippen molar-refractivity contribution in [2.75, 3.05) is 12.4 Å². The Hall–Kier alpha value is -2.15. The lowest BCUT2D eigenvalue weighted by Gasteiger charge is -2.07. The number of nitrogens with zero attached hydrogens (tertiary/aromatic N) is 1. The molecule has 7 heteroatoms. The quantitative estimate of drug-likeness (QED) is 0.676. The molecule has 0 bridgehead atoms. The fraction of sp³-hybridized carbons (Fsp3) is 0.471. The van der Waals surface area contributed by atoms with Gasteiger partial charge < -0.3 is 14.6 Å². The van der Waals surface area contributed by atoms with Crippen molar-refractivity contribution in [1.29, 1.82) is 0 Å². The second kappa shape index (κ2) is 6.76. The summed E-state index contributed by atoms with van der Waals surface area (Å²) in [6, 6.07) is 0. The van der Waals surface area contributed by atoms with Crippen molar-refractivity contribution >= 4 is 28.2 Å². The summed E-state index contributed by atoms with van der Waals surface area (Å²) in [7, 11) is 1.36. The van der Waals surface area contributed by atoms with Crippen molar-refractivity contribution in [3.05, 3.63) is 33.0 Å². The number of carbonyl (C=O) groups is 2. The summed E-state index contributed by atoms with van der Waals surface area (Å²) in [6.07, 6.45) is 5.09. The van der Waals surface area contributed by atoms with Crippen LogP contribution in [-0.2, 0) is 17.6 Å². The number of esters is 1. The largest absolute Gasteiger partial charge is 0.465 e. The van der Waals surface area contributed by atoms with Gasteiger partial charge in [-0.2, -0.15) is 0 Å². The Morgan fingerprint density at radius 3 is 2.58 bits per heavy atom. The van der Waals surface area contributed by atoms with E-state index in [1.54, 1.807) is 13.8 Å². The average Bonchev–Trinajstić information content (AvgIpc) is 2.97. The summed E-state index contributed by atoms with van der Waals surface area (Å²) >= 11 is 1.47.